The first kappa shape index (κ1) is 28.9. The van der Waals surface area contributed by atoms with E-state index in [1.54, 1.807) is 0 Å². The molecule has 11 rings (SSSR count). The van der Waals surface area contributed by atoms with Gasteiger partial charge in [-0.25, -0.2) is 0 Å². The van der Waals surface area contributed by atoms with Crippen molar-refractivity contribution in [1.29, 1.82) is 0 Å². The number of anilines is 3. The molecule has 0 saturated carbocycles. The molecule has 2 aliphatic carbocycles. The van der Waals surface area contributed by atoms with Gasteiger partial charge < -0.3 is 4.90 Å². The van der Waals surface area contributed by atoms with Gasteiger partial charge in [0.25, 0.3) is 0 Å². The van der Waals surface area contributed by atoms with Crippen LogP contribution < -0.4 is 4.90 Å². The Kier molecular flexibility index (Phi) is 5.58. The van der Waals surface area contributed by atoms with Gasteiger partial charge in [-0.1, -0.05) is 143 Å². The van der Waals surface area contributed by atoms with E-state index < -0.39 is 0 Å². The Bertz CT molecular complexity index is 2900. The lowest BCUT2D eigenvalue weighted by atomic mass is 9.66. The van der Waals surface area contributed by atoms with Gasteiger partial charge in [-0.05, 0) is 119 Å². The van der Waals surface area contributed by atoms with E-state index in [1.807, 2.05) is 0 Å². The van der Waals surface area contributed by atoms with Crippen molar-refractivity contribution < 1.29 is 0 Å². The Labute approximate surface area is 298 Å². The molecule has 1 nitrogen and oxygen atoms in total. The quantitative estimate of drug-likeness (QED) is 0.172. The molecule has 9 aromatic rings. The minimum atomic E-state index is -0.219. The van der Waals surface area contributed by atoms with Crippen molar-refractivity contribution >= 4 is 60.2 Å². The standard InChI is InChI=1S/C50H37N/c1-49(2)40-22-11-10-20-35(40)39-28-31-16-12-21-37-44(31)47-38(26-27-41(49)46(39)47)48-45(37)36-25-24-33(29-42(36)50(48,3)4)51(32-17-6-5-7-18-32)43-23-13-15-30-14-8-9-19-34(30)43/h5-29H,1-4H3. The molecule has 0 aliphatic heterocycles. The summed E-state index contributed by atoms with van der Waals surface area (Å²) in [4.78, 5) is 2.44. The third-order valence-electron chi connectivity index (χ3n) is 12.3. The van der Waals surface area contributed by atoms with Gasteiger partial charge in [0.1, 0.15) is 0 Å². The minimum absolute atomic E-state index is 0.0923. The van der Waals surface area contributed by atoms with Gasteiger partial charge in [-0.2, -0.15) is 0 Å². The summed E-state index contributed by atoms with van der Waals surface area (Å²) in [5, 5.41) is 10.8. The van der Waals surface area contributed by atoms with Crippen molar-refractivity contribution in [2.45, 2.75) is 38.5 Å². The Balaban J connectivity index is 1.21. The molecule has 0 saturated heterocycles. The zero-order valence-electron chi connectivity index (χ0n) is 29.4. The molecule has 51 heavy (non-hydrogen) atoms. The summed E-state index contributed by atoms with van der Waals surface area (Å²) in [6.07, 6.45) is 0. The molecular weight excluding hydrogens is 615 g/mol. The Morgan fingerprint density at radius 3 is 2.00 bits per heavy atom. The van der Waals surface area contributed by atoms with Crippen molar-refractivity contribution in [2.24, 2.45) is 0 Å². The van der Waals surface area contributed by atoms with E-state index in [9.17, 15) is 0 Å². The molecule has 0 amide bonds. The van der Waals surface area contributed by atoms with Gasteiger partial charge in [0.05, 0.1) is 5.69 Å². The largest absolute Gasteiger partial charge is 0.310 e. The zero-order chi connectivity index (χ0) is 34.2. The van der Waals surface area contributed by atoms with Crippen molar-refractivity contribution in [1.82, 2.24) is 0 Å². The fourth-order valence-corrected chi connectivity index (χ4v) is 10.0. The first-order chi connectivity index (χ1) is 24.8. The van der Waals surface area contributed by atoms with Crippen LogP contribution in [-0.4, -0.2) is 0 Å². The number of fused-ring (bicyclic) bond motifs is 8. The molecule has 9 aromatic carbocycles. The van der Waals surface area contributed by atoms with E-state index >= 15 is 0 Å². The van der Waals surface area contributed by atoms with Crippen molar-refractivity contribution in [2.75, 3.05) is 4.90 Å². The van der Waals surface area contributed by atoms with Crippen LogP contribution in [0.5, 0.6) is 0 Å². The van der Waals surface area contributed by atoms with Gasteiger partial charge in [-0.15, -0.1) is 0 Å². The number of hydrogen-bond acceptors (Lipinski definition) is 1. The average molecular weight is 652 g/mol. The van der Waals surface area contributed by atoms with Gasteiger partial charge in [0.2, 0.25) is 0 Å². The number of benzene rings is 9. The van der Waals surface area contributed by atoms with E-state index in [-0.39, 0.29) is 10.8 Å². The fraction of sp³-hybridized carbons (Fsp3) is 0.120. The number of hydrogen-bond donors (Lipinski definition) is 0. The molecule has 0 heterocycles. The molecule has 0 spiro atoms. The van der Waals surface area contributed by atoms with Crippen LogP contribution in [0.1, 0.15) is 49.9 Å². The van der Waals surface area contributed by atoms with Gasteiger partial charge in [0.15, 0.2) is 0 Å². The lowest BCUT2D eigenvalue weighted by molar-refractivity contribution is 0.645. The van der Waals surface area contributed by atoms with Crippen molar-refractivity contribution in [3.63, 3.8) is 0 Å². The predicted octanol–water partition coefficient (Wildman–Crippen LogP) is 13.8. The van der Waals surface area contributed by atoms with Crippen LogP contribution in [0, 0.1) is 0 Å². The molecule has 0 bridgehead atoms. The molecule has 0 aromatic heterocycles. The van der Waals surface area contributed by atoms with Gasteiger partial charge >= 0.3 is 0 Å². The zero-order valence-corrected chi connectivity index (χ0v) is 29.4. The van der Waals surface area contributed by atoms with Crippen molar-refractivity contribution in [3.8, 4) is 22.3 Å². The SMILES string of the molecule is CC1(C)c2cc(N(c3ccccc3)c3cccc4ccccc34)ccc2-c2c1c1ccc3c4c(cc5cccc2c5c14)-c1ccccc1C3(C)C. The summed E-state index contributed by atoms with van der Waals surface area (Å²) < 4.78 is 0. The van der Waals surface area contributed by atoms with Crippen molar-refractivity contribution in [3.05, 3.63) is 174 Å². The molecule has 1 heteroatoms. The first-order valence-corrected chi connectivity index (χ1v) is 18.2. The summed E-state index contributed by atoms with van der Waals surface area (Å²) in [6.45, 7) is 9.70. The van der Waals surface area contributed by atoms with Crippen LogP contribution in [-0.2, 0) is 10.8 Å². The molecule has 0 radical (unpaired) electrons. The van der Waals surface area contributed by atoms with E-state index in [2.05, 4.69) is 184 Å². The maximum atomic E-state index is 2.48. The third kappa shape index (κ3) is 3.66. The summed E-state index contributed by atoms with van der Waals surface area (Å²) in [6, 6.07) is 56.8. The highest BCUT2D eigenvalue weighted by atomic mass is 15.1. The molecule has 0 atom stereocenters. The molecule has 242 valence electrons. The summed E-state index contributed by atoms with van der Waals surface area (Å²) in [5.74, 6) is 0. The van der Waals surface area contributed by atoms with Gasteiger partial charge in [0, 0.05) is 27.6 Å². The number of rotatable bonds is 3. The second kappa shape index (κ2) is 9.86. The first-order valence-electron chi connectivity index (χ1n) is 18.2. The van der Waals surface area contributed by atoms with Crippen LogP contribution in [0.4, 0.5) is 17.1 Å². The van der Waals surface area contributed by atoms with Crippen LogP contribution in [0.25, 0.3) is 65.3 Å². The summed E-state index contributed by atoms with van der Waals surface area (Å²) >= 11 is 0. The highest BCUT2D eigenvalue weighted by molar-refractivity contribution is 6.32. The second-order valence-electron chi connectivity index (χ2n) is 15.7. The topological polar surface area (TPSA) is 3.24 Å². The minimum Gasteiger partial charge on any atom is -0.310 e. The normalized spacial score (nSPS) is 15.0. The van der Waals surface area contributed by atoms with Crippen LogP contribution in [0.2, 0.25) is 0 Å². The molecule has 0 unspecified atom stereocenters. The Morgan fingerprint density at radius 2 is 1.12 bits per heavy atom. The van der Waals surface area contributed by atoms with E-state index in [0.29, 0.717) is 0 Å². The lowest BCUT2D eigenvalue weighted by Gasteiger charge is -2.36. The smallest absolute Gasteiger partial charge is 0.0540 e. The number of para-hydroxylation sites is 1. The maximum Gasteiger partial charge on any atom is 0.0540 e. The van der Waals surface area contributed by atoms with Gasteiger partial charge in [-0.3, -0.25) is 0 Å². The second-order valence-corrected chi connectivity index (χ2v) is 15.7. The monoisotopic (exact) mass is 651 g/mol. The van der Waals surface area contributed by atoms with E-state index in [4.69, 9.17) is 0 Å². The fourth-order valence-electron chi connectivity index (χ4n) is 10.0. The average Bonchev–Trinajstić information content (AvgIpc) is 3.40. The molecule has 0 N–H and O–H groups in total. The lowest BCUT2D eigenvalue weighted by Crippen LogP contribution is -2.24. The summed E-state index contributed by atoms with van der Waals surface area (Å²) in [7, 11) is 0. The molecular formula is C50H37N. The maximum absolute atomic E-state index is 2.48. The third-order valence-corrected chi connectivity index (χ3v) is 12.3. The number of nitrogens with zero attached hydrogens (tertiary/aromatic N) is 1. The van der Waals surface area contributed by atoms with Crippen LogP contribution in [0.15, 0.2) is 152 Å². The van der Waals surface area contributed by atoms with E-state index in [1.165, 1.54) is 99.0 Å². The Morgan fingerprint density at radius 1 is 0.392 bits per heavy atom. The summed E-state index contributed by atoms with van der Waals surface area (Å²) in [5.41, 5.74) is 14.4. The van der Waals surface area contributed by atoms with E-state index in [0.717, 1.165) is 5.69 Å². The van der Waals surface area contributed by atoms with Crippen LogP contribution in [0.3, 0.4) is 0 Å². The highest BCUT2D eigenvalue weighted by Gasteiger charge is 2.41. The highest BCUT2D eigenvalue weighted by Crippen LogP contribution is 2.59. The van der Waals surface area contributed by atoms with Crippen LogP contribution >= 0.6 is 0 Å². The molecule has 0 fully saturated rings. The predicted molar refractivity (Wildman–Crippen MR) is 217 cm³/mol. The molecule has 2 aliphatic rings. The Hall–Kier alpha value is -5.92.